The van der Waals surface area contributed by atoms with Crippen LogP contribution in [0.2, 0.25) is 0 Å². The number of aliphatic hydroxyl groups is 6. The molecule has 3 rings (SSSR count). The summed E-state index contributed by atoms with van der Waals surface area (Å²) in [7, 11) is 0. The summed E-state index contributed by atoms with van der Waals surface area (Å²) in [6, 6.07) is 0. The molecule has 3 aliphatic rings. The zero-order chi connectivity index (χ0) is 20.6. The van der Waals surface area contributed by atoms with Crippen LogP contribution in [0, 0.1) is 0 Å². The van der Waals surface area contributed by atoms with E-state index in [1.165, 1.54) is 0 Å². The molecule has 0 aromatic heterocycles. The van der Waals surface area contributed by atoms with Crippen LogP contribution in [-0.4, -0.2) is 124 Å². The molecule has 0 amide bonds. The third kappa shape index (κ3) is 4.15. The van der Waals surface area contributed by atoms with Gasteiger partial charge in [0.2, 0.25) is 0 Å². The summed E-state index contributed by atoms with van der Waals surface area (Å²) in [5.74, 6) is 0. The lowest BCUT2D eigenvalue weighted by atomic mass is 10.1. The average Bonchev–Trinajstić information content (AvgIpc) is 3.23. The van der Waals surface area contributed by atoms with Crippen LogP contribution in [-0.2, 0) is 23.7 Å². The summed E-state index contributed by atoms with van der Waals surface area (Å²) in [5, 5.41) is 58.7. The lowest BCUT2D eigenvalue weighted by Crippen LogP contribution is -2.44. The first-order chi connectivity index (χ1) is 13.3. The highest BCUT2D eigenvalue weighted by Crippen LogP contribution is 2.31. The van der Waals surface area contributed by atoms with E-state index in [1.807, 2.05) is 0 Å². The van der Waals surface area contributed by atoms with Gasteiger partial charge in [0.1, 0.15) is 68.3 Å². The van der Waals surface area contributed by atoms with Crippen LogP contribution in [0.25, 0.3) is 0 Å². The highest BCUT2D eigenvalue weighted by atomic mass is 19.1. The van der Waals surface area contributed by atoms with Crippen molar-refractivity contribution in [2.45, 2.75) is 73.8 Å². The average molecular weight is 418 g/mol. The van der Waals surface area contributed by atoms with Crippen molar-refractivity contribution in [3.63, 3.8) is 0 Å². The number of halogens is 2. The van der Waals surface area contributed by atoms with Crippen LogP contribution >= 0.6 is 0 Å². The number of hydrogen-bond donors (Lipinski definition) is 6. The van der Waals surface area contributed by atoms with Crippen LogP contribution < -0.4 is 0 Å². The van der Waals surface area contributed by atoms with Crippen LogP contribution in [0.4, 0.5) is 8.78 Å². The number of rotatable bonds is 7. The third-order valence-corrected chi connectivity index (χ3v) is 4.97. The fraction of sp³-hybridized carbons (Fsp3) is 1.00. The molecule has 6 N–H and O–H groups in total. The largest absolute Gasteiger partial charge is 0.387 e. The predicted molar refractivity (Wildman–Crippen MR) is 81.0 cm³/mol. The summed E-state index contributed by atoms with van der Waals surface area (Å²) < 4.78 is 51.2. The van der Waals surface area contributed by atoms with Crippen LogP contribution in [0.15, 0.2) is 0 Å². The normalized spacial score (nSPS) is 51.9. The van der Waals surface area contributed by atoms with Gasteiger partial charge in [-0.15, -0.1) is 0 Å². The zero-order valence-corrected chi connectivity index (χ0v) is 14.5. The van der Waals surface area contributed by atoms with Gasteiger partial charge in [-0.1, -0.05) is 0 Å². The highest BCUT2D eigenvalue weighted by Gasteiger charge is 2.51. The molecule has 0 aromatic rings. The SMILES string of the molecule is O[C@@H]1[C@@H](OC[C@H]2O[C@H](O)[C@@H](O)[C@@H]2O[C@H]2O[C@H](CF)[C@@H](O)[C@@H]2O)O[C@H](CF)[C@H]1O. The van der Waals surface area contributed by atoms with Gasteiger partial charge in [-0.2, -0.15) is 0 Å². The Bertz CT molecular complexity index is 516. The molecule has 3 fully saturated rings. The van der Waals surface area contributed by atoms with E-state index in [0.29, 0.717) is 0 Å². The third-order valence-electron chi connectivity index (χ3n) is 4.97. The molecule has 3 heterocycles. The van der Waals surface area contributed by atoms with Crippen molar-refractivity contribution in [3.8, 4) is 0 Å². The fourth-order valence-corrected chi connectivity index (χ4v) is 3.30. The van der Waals surface area contributed by atoms with E-state index in [9.17, 15) is 39.4 Å². The molecular weight excluding hydrogens is 394 g/mol. The van der Waals surface area contributed by atoms with Gasteiger partial charge in [-0.05, 0) is 0 Å². The van der Waals surface area contributed by atoms with E-state index in [-0.39, 0.29) is 0 Å². The Kier molecular flexibility index (Phi) is 7.15. The molecule has 12 atom stereocenters. The van der Waals surface area contributed by atoms with Gasteiger partial charge in [0.25, 0.3) is 0 Å². The van der Waals surface area contributed by atoms with Gasteiger partial charge in [-0.25, -0.2) is 8.78 Å². The van der Waals surface area contributed by atoms with Crippen molar-refractivity contribution in [3.05, 3.63) is 0 Å². The summed E-state index contributed by atoms with van der Waals surface area (Å²) >= 11 is 0. The van der Waals surface area contributed by atoms with Crippen molar-refractivity contribution < 1.29 is 63.1 Å². The monoisotopic (exact) mass is 418 g/mol. The van der Waals surface area contributed by atoms with Crippen molar-refractivity contribution in [1.82, 2.24) is 0 Å². The molecule has 11 nitrogen and oxygen atoms in total. The number of aliphatic hydroxyl groups excluding tert-OH is 6. The first-order valence-corrected chi connectivity index (χ1v) is 8.72. The number of alkyl halides is 2. The summed E-state index contributed by atoms with van der Waals surface area (Å²) in [6.07, 6.45) is -17.4. The molecule has 164 valence electrons. The van der Waals surface area contributed by atoms with E-state index in [4.69, 9.17) is 23.7 Å². The molecule has 3 saturated heterocycles. The Morgan fingerprint density at radius 3 is 1.71 bits per heavy atom. The topological polar surface area (TPSA) is 168 Å². The van der Waals surface area contributed by atoms with Crippen molar-refractivity contribution in [2.24, 2.45) is 0 Å². The van der Waals surface area contributed by atoms with E-state index in [1.54, 1.807) is 0 Å². The Morgan fingerprint density at radius 1 is 0.643 bits per heavy atom. The molecule has 3 aliphatic heterocycles. The molecule has 0 aliphatic carbocycles. The van der Waals surface area contributed by atoms with Crippen LogP contribution in [0.5, 0.6) is 0 Å². The van der Waals surface area contributed by atoms with Gasteiger partial charge in [-0.3, -0.25) is 0 Å². The molecule has 0 saturated carbocycles. The second-order valence-electron chi connectivity index (χ2n) is 6.85. The molecule has 28 heavy (non-hydrogen) atoms. The second-order valence-corrected chi connectivity index (χ2v) is 6.85. The Morgan fingerprint density at radius 2 is 1.18 bits per heavy atom. The van der Waals surface area contributed by atoms with E-state index >= 15 is 0 Å². The maximum absolute atomic E-state index is 12.8. The van der Waals surface area contributed by atoms with Crippen molar-refractivity contribution in [1.29, 1.82) is 0 Å². The standard InChI is InChI=1S/C15H24F2O11/c16-1-4-7(18)9(20)14(26-4)24-3-6-12(11(22)13(23)25-6)28-15-10(21)8(19)5(2-17)27-15/h4-15,18-23H,1-3H2/t4-,5-,6-,7-,8-,9+,10+,11+,12-,13+,14+,15-/m1/s1. The minimum atomic E-state index is -1.68. The predicted octanol–water partition coefficient (Wildman–Crippen LogP) is -3.70. The first-order valence-electron chi connectivity index (χ1n) is 8.72. The van der Waals surface area contributed by atoms with Gasteiger partial charge in [0.05, 0.1) is 6.61 Å². The molecule has 0 radical (unpaired) electrons. The van der Waals surface area contributed by atoms with Gasteiger partial charge in [0.15, 0.2) is 18.9 Å². The molecule has 0 unspecified atom stereocenters. The lowest BCUT2D eigenvalue weighted by Gasteiger charge is -2.26. The summed E-state index contributed by atoms with van der Waals surface area (Å²) in [6.45, 7) is -2.55. The Hall–Kier alpha value is -0.580. The van der Waals surface area contributed by atoms with Gasteiger partial charge >= 0.3 is 0 Å². The smallest absolute Gasteiger partial charge is 0.187 e. The Labute approximate surface area is 157 Å². The Balaban J connectivity index is 1.59. The van der Waals surface area contributed by atoms with Gasteiger partial charge in [0, 0.05) is 0 Å². The molecule has 0 spiro atoms. The molecule has 0 bridgehead atoms. The number of hydrogen-bond acceptors (Lipinski definition) is 11. The van der Waals surface area contributed by atoms with Crippen molar-refractivity contribution in [2.75, 3.05) is 20.0 Å². The lowest BCUT2D eigenvalue weighted by molar-refractivity contribution is -0.226. The van der Waals surface area contributed by atoms with E-state index in [0.717, 1.165) is 0 Å². The summed E-state index contributed by atoms with van der Waals surface area (Å²) in [4.78, 5) is 0. The summed E-state index contributed by atoms with van der Waals surface area (Å²) in [5.41, 5.74) is 0. The van der Waals surface area contributed by atoms with E-state index < -0.39 is 93.8 Å². The van der Waals surface area contributed by atoms with Crippen LogP contribution in [0.3, 0.4) is 0 Å². The molecule has 0 aromatic carbocycles. The maximum Gasteiger partial charge on any atom is 0.187 e. The second kappa shape index (κ2) is 9.06. The highest BCUT2D eigenvalue weighted by molar-refractivity contribution is 4.93. The quantitative estimate of drug-likeness (QED) is 0.241. The molecule has 13 heteroatoms. The van der Waals surface area contributed by atoms with Crippen molar-refractivity contribution >= 4 is 0 Å². The molecular formula is C15H24F2O11. The zero-order valence-electron chi connectivity index (χ0n) is 14.5. The fourth-order valence-electron chi connectivity index (χ4n) is 3.30. The maximum atomic E-state index is 12.8. The van der Waals surface area contributed by atoms with E-state index in [2.05, 4.69) is 0 Å². The van der Waals surface area contributed by atoms with Crippen LogP contribution in [0.1, 0.15) is 0 Å². The minimum absolute atomic E-state index is 0.426. The first kappa shape index (κ1) is 22.1. The number of ether oxygens (including phenoxy) is 5. The van der Waals surface area contributed by atoms with Gasteiger partial charge < -0.3 is 54.3 Å². The minimum Gasteiger partial charge on any atom is -0.387 e.